The van der Waals surface area contributed by atoms with Crippen LogP contribution in [0, 0.1) is 6.92 Å². The Morgan fingerprint density at radius 2 is 1.76 bits per heavy atom. The summed E-state index contributed by atoms with van der Waals surface area (Å²) < 4.78 is 38.5. The fourth-order valence-electron chi connectivity index (χ4n) is 3.75. The van der Waals surface area contributed by atoms with E-state index in [0.717, 1.165) is 0 Å². The lowest BCUT2D eigenvalue weighted by molar-refractivity contribution is 0.383. The third kappa shape index (κ3) is 4.32. The van der Waals surface area contributed by atoms with Crippen LogP contribution in [-0.2, 0) is 10.0 Å². The van der Waals surface area contributed by atoms with Crippen LogP contribution in [0.25, 0.3) is 11.1 Å². The fourth-order valence-corrected chi connectivity index (χ4v) is 5.20. The molecule has 11 heteroatoms. The Hall–Kier alpha value is -3.70. The van der Waals surface area contributed by atoms with Gasteiger partial charge >= 0.3 is 5.76 Å². The van der Waals surface area contributed by atoms with Gasteiger partial charge in [0.15, 0.2) is 5.58 Å². The smallest absolute Gasteiger partial charge is 0.417 e. The number of hydrogen-bond donors (Lipinski definition) is 1. The number of oxazole rings is 1. The van der Waals surface area contributed by atoms with E-state index in [1.165, 1.54) is 22.5 Å². The minimum Gasteiger partial charge on any atom is -0.439 e. The van der Waals surface area contributed by atoms with Gasteiger partial charge in [-0.3, -0.25) is 4.98 Å². The molecule has 1 N–H and O–H groups in total. The lowest BCUT2D eigenvalue weighted by Crippen LogP contribution is -2.49. The molecule has 10 nitrogen and oxygen atoms in total. The number of benzene rings is 2. The molecule has 0 unspecified atom stereocenters. The maximum absolute atomic E-state index is 13.1. The molecule has 0 saturated carbocycles. The maximum Gasteiger partial charge on any atom is 0.417 e. The molecule has 0 amide bonds. The topological polar surface area (TPSA) is 122 Å². The van der Waals surface area contributed by atoms with Gasteiger partial charge in [-0.1, -0.05) is 18.2 Å². The van der Waals surface area contributed by atoms with Gasteiger partial charge in [0, 0.05) is 32.2 Å². The first-order valence-corrected chi connectivity index (χ1v) is 11.8. The SMILES string of the molecule is Cc1nc(Oc2ccccc2)cc(N2CCN(S(=O)(=O)c3ccc4oc(=O)[nH]c4c3)CC2)n1. The van der Waals surface area contributed by atoms with Crippen molar-refractivity contribution in [2.45, 2.75) is 11.8 Å². The molecule has 33 heavy (non-hydrogen) atoms. The van der Waals surface area contributed by atoms with Crippen molar-refractivity contribution in [3.05, 3.63) is 71.0 Å². The second-order valence-corrected chi connectivity index (χ2v) is 9.53. The molecule has 2 aromatic heterocycles. The van der Waals surface area contributed by atoms with E-state index < -0.39 is 15.8 Å². The predicted octanol–water partition coefficient (Wildman–Crippen LogP) is 2.52. The Morgan fingerprint density at radius 1 is 1.00 bits per heavy atom. The van der Waals surface area contributed by atoms with E-state index in [1.807, 2.05) is 35.2 Å². The van der Waals surface area contributed by atoms with Crippen molar-refractivity contribution < 1.29 is 17.6 Å². The first-order valence-electron chi connectivity index (χ1n) is 10.3. The molecule has 1 fully saturated rings. The average Bonchev–Trinajstić information content (AvgIpc) is 3.19. The zero-order valence-corrected chi connectivity index (χ0v) is 18.6. The number of sulfonamides is 1. The number of rotatable bonds is 5. The van der Waals surface area contributed by atoms with Crippen LogP contribution in [0.5, 0.6) is 11.6 Å². The van der Waals surface area contributed by atoms with Crippen LogP contribution >= 0.6 is 0 Å². The van der Waals surface area contributed by atoms with Gasteiger partial charge in [-0.25, -0.2) is 18.2 Å². The lowest BCUT2D eigenvalue weighted by Gasteiger charge is -2.34. The van der Waals surface area contributed by atoms with Gasteiger partial charge < -0.3 is 14.1 Å². The summed E-state index contributed by atoms with van der Waals surface area (Å²) in [5.74, 6) is 1.73. The summed E-state index contributed by atoms with van der Waals surface area (Å²) in [4.78, 5) is 24.8. The molecule has 0 spiro atoms. The fraction of sp³-hybridized carbons (Fsp3) is 0.227. The Kier molecular flexibility index (Phi) is 5.35. The molecule has 0 radical (unpaired) electrons. The molecule has 0 aliphatic carbocycles. The van der Waals surface area contributed by atoms with E-state index in [4.69, 9.17) is 9.15 Å². The van der Waals surface area contributed by atoms with Gasteiger partial charge in [0.25, 0.3) is 0 Å². The second-order valence-electron chi connectivity index (χ2n) is 7.59. The lowest BCUT2D eigenvalue weighted by atomic mass is 10.3. The van der Waals surface area contributed by atoms with Gasteiger partial charge in [-0.2, -0.15) is 9.29 Å². The number of hydrogen-bond acceptors (Lipinski definition) is 8. The largest absolute Gasteiger partial charge is 0.439 e. The number of anilines is 1. The number of aromatic amines is 1. The number of aryl methyl sites for hydroxylation is 1. The van der Waals surface area contributed by atoms with Gasteiger partial charge in [-0.15, -0.1) is 0 Å². The third-order valence-electron chi connectivity index (χ3n) is 5.36. The van der Waals surface area contributed by atoms with Crippen LogP contribution < -0.4 is 15.4 Å². The van der Waals surface area contributed by atoms with Crippen LogP contribution in [-0.4, -0.2) is 53.9 Å². The minimum absolute atomic E-state index is 0.108. The molecule has 1 aliphatic rings. The average molecular weight is 468 g/mol. The van der Waals surface area contributed by atoms with E-state index in [1.54, 1.807) is 13.0 Å². The van der Waals surface area contributed by atoms with E-state index >= 15 is 0 Å². The predicted molar refractivity (Wildman–Crippen MR) is 121 cm³/mol. The first-order chi connectivity index (χ1) is 15.9. The van der Waals surface area contributed by atoms with Crippen molar-refractivity contribution in [2.75, 3.05) is 31.1 Å². The number of nitrogens with one attached hydrogen (secondary N) is 1. The number of H-pyrrole nitrogens is 1. The van der Waals surface area contributed by atoms with E-state index in [9.17, 15) is 13.2 Å². The highest BCUT2D eigenvalue weighted by Gasteiger charge is 2.29. The highest BCUT2D eigenvalue weighted by atomic mass is 32.2. The maximum atomic E-state index is 13.1. The van der Waals surface area contributed by atoms with Gasteiger partial charge in [0.1, 0.15) is 17.4 Å². The van der Waals surface area contributed by atoms with Crippen molar-refractivity contribution in [3.63, 3.8) is 0 Å². The van der Waals surface area contributed by atoms with E-state index in [2.05, 4.69) is 15.0 Å². The van der Waals surface area contributed by atoms with Crippen molar-refractivity contribution >= 4 is 26.9 Å². The van der Waals surface area contributed by atoms with Crippen LogP contribution in [0.2, 0.25) is 0 Å². The molecule has 1 saturated heterocycles. The second kappa shape index (κ2) is 8.34. The number of nitrogens with zero attached hydrogens (tertiary/aromatic N) is 4. The molecule has 0 atom stereocenters. The normalized spacial score (nSPS) is 15.1. The standard InChI is InChI=1S/C22H21N5O5S/c1-15-23-20(14-21(24-15)31-16-5-3-2-4-6-16)26-9-11-27(12-10-26)33(29,30)17-7-8-19-18(13-17)25-22(28)32-19/h2-8,13-14H,9-12H2,1H3,(H,25,28). The van der Waals surface area contributed by atoms with Crippen molar-refractivity contribution in [3.8, 4) is 11.6 Å². The van der Waals surface area contributed by atoms with Crippen LogP contribution in [0.3, 0.4) is 0 Å². The highest BCUT2D eigenvalue weighted by molar-refractivity contribution is 7.89. The number of ether oxygens (including phenoxy) is 1. The van der Waals surface area contributed by atoms with Gasteiger partial charge in [0.05, 0.1) is 10.4 Å². The molecule has 170 valence electrons. The number of fused-ring (bicyclic) bond motifs is 1. The summed E-state index contributed by atoms with van der Waals surface area (Å²) in [7, 11) is -3.72. The Bertz CT molecular complexity index is 1460. The molecular formula is C22H21N5O5S. The molecule has 5 rings (SSSR count). The molecule has 0 bridgehead atoms. The summed E-state index contributed by atoms with van der Waals surface area (Å²) in [5.41, 5.74) is 0.665. The van der Waals surface area contributed by atoms with Crippen LogP contribution in [0.15, 0.2) is 68.7 Å². The van der Waals surface area contributed by atoms with Crippen molar-refractivity contribution in [2.24, 2.45) is 0 Å². The monoisotopic (exact) mass is 467 g/mol. The third-order valence-corrected chi connectivity index (χ3v) is 7.25. The Balaban J connectivity index is 1.31. The summed E-state index contributed by atoms with van der Waals surface area (Å²) in [6, 6.07) is 15.5. The van der Waals surface area contributed by atoms with Crippen LogP contribution in [0.1, 0.15) is 5.82 Å². The number of piperazine rings is 1. The Labute approximate surface area is 189 Å². The Morgan fingerprint density at radius 3 is 2.52 bits per heavy atom. The number of aromatic nitrogens is 3. The van der Waals surface area contributed by atoms with E-state index in [0.29, 0.717) is 60.6 Å². The molecule has 4 aromatic rings. The summed E-state index contributed by atoms with van der Waals surface area (Å²) in [6.45, 7) is 3.30. The van der Waals surface area contributed by atoms with E-state index in [-0.39, 0.29) is 4.90 Å². The molecule has 3 heterocycles. The zero-order valence-electron chi connectivity index (χ0n) is 17.8. The van der Waals surface area contributed by atoms with Gasteiger partial charge in [-0.05, 0) is 37.3 Å². The van der Waals surface area contributed by atoms with Crippen molar-refractivity contribution in [1.29, 1.82) is 0 Å². The summed E-state index contributed by atoms with van der Waals surface area (Å²) >= 11 is 0. The van der Waals surface area contributed by atoms with Crippen molar-refractivity contribution in [1.82, 2.24) is 19.3 Å². The summed E-state index contributed by atoms with van der Waals surface area (Å²) in [6.07, 6.45) is 0. The number of para-hydroxylation sites is 1. The quantitative estimate of drug-likeness (QED) is 0.475. The first kappa shape index (κ1) is 21.2. The summed E-state index contributed by atoms with van der Waals surface area (Å²) in [5, 5.41) is 0. The minimum atomic E-state index is -3.72. The molecule has 2 aromatic carbocycles. The molecular weight excluding hydrogens is 446 g/mol. The molecule has 1 aliphatic heterocycles. The van der Waals surface area contributed by atoms with Gasteiger partial charge in [0.2, 0.25) is 15.9 Å². The van der Waals surface area contributed by atoms with Crippen LogP contribution in [0.4, 0.5) is 5.82 Å². The zero-order chi connectivity index (χ0) is 23.0. The highest BCUT2D eigenvalue weighted by Crippen LogP contribution is 2.26.